The summed E-state index contributed by atoms with van der Waals surface area (Å²) in [5.74, 6) is -1.73. The summed E-state index contributed by atoms with van der Waals surface area (Å²) in [4.78, 5) is 26.5. The zero-order valence-electron chi connectivity index (χ0n) is 15.6. The fourth-order valence-corrected chi connectivity index (χ4v) is 4.84. The van der Waals surface area contributed by atoms with Crippen molar-refractivity contribution >= 4 is 57.2 Å². The van der Waals surface area contributed by atoms with Crippen molar-refractivity contribution in [1.29, 1.82) is 0 Å². The predicted molar refractivity (Wildman–Crippen MR) is 117 cm³/mol. The van der Waals surface area contributed by atoms with Gasteiger partial charge in [-0.05, 0) is 24.1 Å². The highest BCUT2D eigenvalue weighted by Crippen LogP contribution is 2.36. The topological polar surface area (TPSA) is 65.4 Å². The Morgan fingerprint density at radius 3 is 2.59 bits per heavy atom. The number of rotatable bonds is 5. The van der Waals surface area contributed by atoms with E-state index in [-0.39, 0.29) is 10.7 Å². The van der Waals surface area contributed by atoms with Crippen LogP contribution in [0.5, 0.6) is 0 Å². The number of hydrogen-bond acceptors (Lipinski definition) is 5. The van der Waals surface area contributed by atoms with Gasteiger partial charge in [-0.3, -0.25) is 9.69 Å². The SMILES string of the molecule is Cn1cc(/C=C2\SC(=S)N([C@@H](Cc3ccccc3)C(=O)[O-])C2=O)c2ccccc21. The van der Waals surface area contributed by atoms with Crippen LogP contribution >= 0.6 is 24.0 Å². The molecule has 2 heterocycles. The summed E-state index contributed by atoms with van der Waals surface area (Å²) in [5, 5.41) is 12.8. The van der Waals surface area contributed by atoms with E-state index in [0.29, 0.717) is 4.91 Å². The number of benzene rings is 2. The average molecular weight is 422 g/mol. The summed E-state index contributed by atoms with van der Waals surface area (Å²) in [6, 6.07) is 15.9. The maximum absolute atomic E-state index is 13.1. The van der Waals surface area contributed by atoms with Crippen molar-refractivity contribution in [2.24, 2.45) is 7.05 Å². The second kappa shape index (κ2) is 7.85. The van der Waals surface area contributed by atoms with Gasteiger partial charge in [0.25, 0.3) is 5.91 Å². The maximum Gasteiger partial charge on any atom is 0.266 e. The monoisotopic (exact) mass is 421 g/mol. The highest BCUT2D eigenvalue weighted by molar-refractivity contribution is 8.26. The molecule has 1 amide bonds. The number of nitrogens with zero attached hydrogens (tertiary/aromatic N) is 2. The number of thiocarbonyl (C=S) groups is 1. The van der Waals surface area contributed by atoms with E-state index in [1.54, 1.807) is 6.08 Å². The Balaban J connectivity index is 1.67. The normalized spacial score (nSPS) is 16.7. The zero-order chi connectivity index (χ0) is 20.5. The lowest BCUT2D eigenvalue weighted by molar-refractivity contribution is -0.310. The molecule has 0 bridgehead atoms. The molecule has 1 fully saturated rings. The highest BCUT2D eigenvalue weighted by atomic mass is 32.2. The van der Waals surface area contributed by atoms with Crippen molar-refractivity contribution in [2.45, 2.75) is 12.5 Å². The first-order valence-electron chi connectivity index (χ1n) is 9.01. The molecule has 2 aromatic carbocycles. The smallest absolute Gasteiger partial charge is 0.266 e. The molecule has 7 heteroatoms. The molecular weight excluding hydrogens is 404 g/mol. The van der Waals surface area contributed by atoms with Crippen molar-refractivity contribution in [2.75, 3.05) is 0 Å². The number of para-hydroxylation sites is 1. The fourth-order valence-electron chi connectivity index (χ4n) is 3.50. The Morgan fingerprint density at radius 1 is 1.17 bits per heavy atom. The summed E-state index contributed by atoms with van der Waals surface area (Å²) >= 11 is 6.47. The van der Waals surface area contributed by atoms with Crippen LogP contribution in [0.2, 0.25) is 0 Å². The van der Waals surface area contributed by atoms with Crippen LogP contribution in [0.3, 0.4) is 0 Å². The number of aromatic nitrogens is 1. The van der Waals surface area contributed by atoms with Gasteiger partial charge in [-0.1, -0.05) is 72.5 Å². The van der Waals surface area contributed by atoms with Crippen molar-refractivity contribution in [3.8, 4) is 0 Å². The van der Waals surface area contributed by atoms with Gasteiger partial charge >= 0.3 is 0 Å². The van der Waals surface area contributed by atoms with Crippen LogP contribution in [0, 0.1) is 0 Å². The summed E-state index contributed by atoms with van der Waals surface area (Å²) in [6.45, 7) is 0. The number of aryl methyl sites for hydroxylation is 1. The van der Waals surface area contributed by atoms with Crippen molar-refractivity contribution in [3.05, 3.63) is 76.8 Å². The lowest BCUT2D eigenvalue weighted by atomic mass is 10.0. The van der Waals surface area contributed by atoms with Gasteiger partial charge in [0.15, 0.2) is 0 Å². The van der Waals surface area contributed by atoms with E-state index < -0.39 is 17.9 Å². The Kier molecular flexibility index (Phi) is 5.25. The molecule has 1 atom stereocenters. The van der Waals surface area contributed by atoms with Crippen molar-refractivity contribution in [1.82, 2.24) is 9.47 Å². The van der Waals surface area contributed by atoms with Crippen LogP contribution in [0.1, 0.15) is 11.1 Å². The molecule has 0 unspecified atom stereocenters. The molecule has 5 nitrogen and oxygen atoms in total. The number of hydrogen-bond donors (Lipinski definition) is 0. The summed E-state index contributed by atoms with van der Waals surface area (Å²) in [5.41, 5.74) is 2.73. The van der Waals surface area contributed by atoms with Gasteiger partial charge in [0.2, 0.25) is 0 Å². The summed E-state index contributed by atoms with van der Waals surface area (Å²) in [7, 11) is 1.94. The molecule has 1 aromatic heterocycles. The predicted octanol–water partition coefficient (Wildman–Crippen LogP) is 2.74. The molecule has 0 radical (unpaired) electrons. The third-order valence-electron chi connectivity index (χ3n) is 4.89. The molecule has 1 aliphatic rings. The Morgan fingerprint density at radius 2 is 1.86 bits per heavy atom. The number of amides is 1. The second-order valence-corrected chi connectivity index (χ2v) is 8.46. The molecule has 29 heavy (non-hydrogen) atoms. The lowest BCUT2D eigenvalue weighted by Crippen LogP contribution is -2.51. The van der Waals surface area contributed by atoms with Gasteiger partial charge in [0, 0.05) is 29.7 Å². The molecule has 4 rings (SSSR count). The third-order valence-corrected chi connectivity index (χ3v) is 6.22. The van der Waals surface area contributed by atoms with Crippen LogP contribution in [0.4, 0.5) is 0 Å². The molecule has 0 spiro atoms. The summed E-state index contributed by atoms with van der Waals surface area (Å²) < 4.78 is 2.22. The molecule has 0 N–H and O–H groups in total. The number of thioether (sulfide) groups is 1. The van der Waals surface area contributed by atoms with Crippen LogP contribution < -0.4 is 5.11 Å². The van der Waals surface area contributed by atoms with Crippen LogP contribution in [-0.2, 0) is 23.1 Å². The third kappa shape index (κ3) is 3.71. The fraction of sp³-hybridized carbons (Fsp3) is 0.136. The minimum atomic E-state index is -1.32. The summed E-state index contributed by atoms with van der Waals surface area (Å²) in [6.07, 6.45) is 3.85. The van der Waals surface area contributed by atoms with E-state index >= 15 is 0 Å². The number of carboxylic acids is 1. The minimum absolute atomic E-state index is 0.136. The number of carbonyl (C=O) groups is 2. The van der Waals surface area contributed by atoms with Gasteiger partial charge in [-0.15, -0.1) is 0 Å². The van der Waals surface area contributed by atoms with E-state index in [0.717, 1.165) is 33.8 Å². The van der Waals surface area contributed by atoms with Crippen LogP contribution in [-0.4, -0.2) is 31.7 Å². The van der Waals surface area contributed by atoms with Gasteiger partial charge in [0.05, 0.1) is 16.9 Å². The standard InChI is InChI=1S/C22H18N2O3S2/c1-23-13-15(16-9-5-6-10-17(16)23)12-19-20(25)24(22(28)29-19)18(21(26)27)11-14-7-3-2-4-8-14/h2-10,12-13,18H,11H2,1H3,(H,26,27)/p-1/b19-12-/t18-/m0/s1. The van der Waals surface area contributed by atoms with Gasteiger partial charge in [-0.2, -0.15) is 0 Å². The lowest BCUT2D eigenvalue weighted by Gasteiger charge is -2.27. The van der Waals surface area contributed by atoms with E-state index in [9.17, 15) is 14.7 Å². The van der Waals surface area contributed by atoms with Crippen LogP contribution in [0.25, 0.3) is 17.0 Å². The first kappa shape index (κ1) is 19.4. The van der Waals surface area contributed by atoms with Crippen molar-refractivity contribution < 1.29 is 14.7 Å². The highest BCUT2D eigenvalue weighted by Gasteiger charge is 2.38. The van der Waals surface area contributed by atoms with E-state index in [4.69, 9.17) is 12.2 Å². The van der Waals surface area contributed by atoms with E-state index in [2.05, 4.69) is 0 Å². The number of carboxylic acid groups (broad SMARTS) is 1. The Labute approximate surface area is 177 Å². The first-order chi connectivity index (χ1) is 14.0. The molecule has 146 valence electrons. The molecule has 0 saturated carbocycles. The molecule has 0 aliphatic carbocycles. The zero-order valence-corrected chi connectivity index (χ0v) is 17.2. The quantitative estimate of drug-likeness (QED) is 0.468. The molecule has 1 saturated heterocycles. The largest absolute Gasteiger partial charge is 0.548 e. The van der Waals surface area contributed by atoms with Gasteiger partial charge in [0.1, 0.15) is 4.32 Å². The molecule has 3 aromatic rings. The van der Waals surface area contributed by atoms with Crippen LogP contribution in [0.15, 0.2) is 65.7 Å². The molecule has 1 aliphatic heterocycles. The van der Waals surface area contributed by atoms with E-state index in [1.807, 2.05) is 72.4 Å². The second-order valence-electron chi connectivity index (χ2n) is 6.79. The average Bonchev–Trinajstić information content (AvgIpc) is 3.17. The van der Waals surface area contributed by atoms with E-state index in [1.165, 1.54) is 4.90 Å². The van der Waals surface area contributed by atoms with Gasteiger partial charge < -0.3 is 14.5 Å². The Bertz CT molecular complexity index is 1150. The number of aliphatic carboxylic acids is 1. The van der Waals surface area contributed by atoms with Gasteiger partial charge in [-0.25, -0.2) is 0 Å². The van der Waals surface area contributed by atoms with Crippen molar-refractivity contribution in [3.63, 3.8) is 0 Å². The number of fused-ring (bicyclic) bond motifs is 1. The first-order valence-corrected chi connectivity index (χ1v) is 10.2. The Hall–Kier alpha value is -2.90. The molecular formula is C22H17N2O3S2-. The number of carbonyl (C=O) groups excluding carboxylic acids is 2. The maximum atomic E-state index is 13.1. The minimum Gasteiger partial charge on any atom is -0.548 e.